The predicted octanol–water partition coefficient (Wildman–Crippen LogP) is 5.50. The minimum absolute atomic E-state index is 0.0309. The van der Waals surface area contributed by atoms with Crippen molar-refractivity contribution in [3.05, 3.63) is 28.8 Å². The van der Waals surface area contributed by atoms with Gasteiger partial charge in [-0.3, -0.25) is 0 Å². The van der Waals surface area contributed by atoms with Crippen LogP contribution in [0.1, 0.15) is 76.5 Å². The summed E-state index contributed by atoms with van der Waals surface area (Å²) in [7, 11) is 0. The minimum atomic E-state index is -4.47. The van der Waals surface area contributed by atoms with Crippen molar-refractivity contribution in [2.45, 2.75) is 90.5 Å². The Morgan fingerprint density at radius 1 is 0.967 bits per heavy atom. The predicted molar refractivity (Wildman–Crippen MR) is 112 cm³/mol. The van der Waals surface area contributed by atoms with Gasteiger partial charge in [-0.25, -0.2) is 0 Å². The number of aliphatic hydroxyl groups excluding tert-OH is 1. The summed E-state index contributed by atoms with van der Waals surface area (Å²) in [5.41, 5.74) is 6.48. The smallest absolute Gasteiger partial charge is 0.419 e. The summed E-state index contributed by atoms with van der Waals surface area (Å²) >= 11 is 0. The first kappa shape index (κ1) is 23.4. The van der Waals surface area contributed by atoms with E-state index < -0.39 is 17.3 Å². The van der Waals surface area contributed by atoms with Crippen LogP contribution in [0.4, 0.5) is 13.2 Å². The highest BCUT2D eigenvalue weighted by atomic mass is 19.4. The van der Waals surface area contributed by atoms with Crippen LogP contribution < -0.4 is 10.5 Å². The summed E-state index contributed by atoms with van der Waals surface area (Å²) in [6.07, 6.45) is 0.768. The Balaban J connectivity index is 1.81. The van der Waals surface area contributed by atoms with Crippen molar-refractivity contribution >= 4 is 0 Å². The highest BCUT2D eigenvalue weighted by Crippen LogP contribution is 2.44. The zero-order valence-electron chi connectivity index (χ0n) is 18.6. The van der Waals surface area contributed by atoms with E-state index in [4.69, 9.17) is 10.5 Å². The molecule has 0 radical (unpaired) electrons. The van der Waals surface area contributed by atoms with Crippen molar-refractivity contribution in [1.29, 1.82) is 0 Å². The number of alkyl halides is 3. The SMILES string of the molecule is CC(C)(C)[C@H]1CC[C@H](Oc2cc3c(cc2C(F)(F)F)C[C@@H]([C@@](C)(N)CO)CC3)CC1. The number of aryl methyl sites for hydroxylation is 1. The minimum Gasteiger partial charge on any atom is -0.490 e. The molecule has 0 amide bonds. The average molecular weight is 428 g/mol. The number of halogens is 3. The van der Waals surface area contributed by atoms with E-state index in [1.54, 1.807) is 13.0 Å². The Bertz CT molecular complexity index is 744. The zero-order chi connectivity index (χ0) is 22.3. The van der Waals surface area contributed by atoms with Crippen LogP contribution in [0, 0.1) is 17.3 Å². The Labute approximate surface area is 178 Å². The molecule has 0 unspecified atom stereocenters. The number of rotatable bonds is 4. The summed E-state index contributed by atoms with van der Waals surface area (Å²) in [5, 5.41) is 9.55. The average Bonchev–Trinajstić information content (AvgIpc) is 2.66. The summed E-state index contributed by atoms with van der Waals surface area (Å²) in [5.74, 6) is 0.504. The van der Waals surface area contributed by atoms with E-state index in [-0.39, 0.29) is 29.8 Å². The summed E-state index contributed by atoms with van der Waals surface area (Å²) < 4.78 is 47.5. The van der Waals surface area contributed by atoms with E-state index in [0.29, 0.717) is 24.3 Å². The van der Waals surface area contributed by atoms with Gasteiger partial charge in [-0.05, 0) is 92.4 Å². The van der Waals surface area contributed by atoms with Gasteiger partial charge in [-0.2, -0.15) is 13.2 Å². The fourth-order valence-corrected chi connectivity index (χ4v) is 5.02. The van der Waals surface area contributed by atoms with E-state index in [1.165, 1.54) is 6.07 Å². The highest BCUT2D eigenvalue weighted by Gasteiger charge is 2.39. The molecular formula is C24H36F3NO2. The van der Waals surface area contributed by atoms with E-state index in [9.17, 15) is 18.3 Å². The van der Waals surface area contributed by atoms with Crippen molar-refractivity contribution in [1.82, 2.24) is 0 Å². The van der Waals surface area contributed by atoms with Gasteiger partial charge in [0.05, 0.1) is 18.3 Å². The van der Waals surface area contributed by atoms with Crippen LogP contribution in [0.25, 0.3) is 0 Å². The maximum Gasteiger partial charge on any atom is 0.419 e. The number of ether oxygens (including phenoxy) is 1. The van der Waals surface area contributed by atoms with Gasteiger partial charge < -0.3 is 15.6 Å². The Morgan fingerprint density at radius 2 is 1.60 bits per heavy atom. The maximum absolute atomic E-state index is 13.8. The Hall–Kier alpha value is -1.27. The van der Waals surface area contributed by atoms with Gasteiger partial charge in [0, 0.05) is 5.54 Å². The molecule has 1 saturated carbocycles. The Kier molecular flexibility index (Phi) is 6.51. The van der Waals surface area contributed by atoms with Crippen LogP contribution in [0.2, 0.25) is 0 Å². The van der Waals surface area contributed by atoms with Gasteiger partial charge >= 0.3 is 6.18 Å². The van der Waals surface area contributed by atoms with Crippen molar-refractivity contribution in [2.75, 3.05) is 6.61 Å². The molecule has 0 spiro atoms. The summed E-state index contributed by atoms with van der Waals surface area (Å²) in [6.45, 7) is 8.25. The van der Waals surface area contributed by atoms with Gasteiger partial charge in [-0.1, -0.05) is 20.8 Å². The summed E-state index contributed by atoms with van der Waals surface area (Å²) in [6, 6.07) is 2.86. The first-order valence-corrected chi connectivity index (χ1v) is 11.1. The van der Waals surface area contributed by atoms with Gasteiger partial charge in [0.25, 0.3) is 0 Å². The second-order valence-corrected chi connectivity index (χ2v) is 10.7. The largest absolute Gasteiger partial charge is 0.490 e. The van der Waals surface area contributed by atoms with Gasteiger partial charge in [0.15, 0.2) is 0 Å². The fourth-order valence-electron chi connectivity index (χ4n) is 5.02. The van der Waals surface area contributed by atoms with E-state index in [2.05, 4.69) is 20.8 Å². The van der Waals surface area contributed by atoms with Crippen LogP contribution in [0.3, 0.4) is 0 Å². The lowest BCUT2D eigenvalue weighted by atomic mass is 9.72. The molecule has 3 N–H and O–H groups in total. The lowest BCUT2D eigenvalue weighted by molar-refractivity contribution is -0.139. The maximum atomic E-state index is 13.8. The van der Waals surface area contributed by atoms with Crippen LogP contribution in [-0.4, -0.2) is 23.4 Å². The third-order valence-corrected chi connectivity index (χ3v) is 7.30. The van der Waals surface area contributed by atoms with Crippen LogP contribution >= 0.6 is 0 Å². The molecule has 0 bridgehead atoms. The normalized spacial score (nSPS) is 27.3. The molecule has 6 heteroatoms. The lowest BCUT2D eigenvalue weighted by Crippen LogP contribution is -2.49. The van der Waals surface area contributed by atoms with Gasteiger partial charge in [-0.15, -0.1) is 0 Å². The number of fused-ring (bicyclic) bond motifs is 1. The second-order valence-electron chi connectivity index (χ2n) is 10.7. The van der Waals surface area contributed by atoms with Crippen molar-refractivity contribution in [2.24, 2.45) is 23.0 Å². The standard InChI is InChI=1S/C24H36F3NO2/c1-22(2,3)17-7-9-19(10-8-17)30-21-13-15-5-6-18(23(4,28)14-29)11-16(15)12-20(21)24(25,26)27/h12-13,17-19,29H,5-11,14,28H2,1-4H3/t17-,18-,19-,23-/m0/s1. The van der Waals surface area contributed by atoms with Crippen LogP contribution in [-0.2, 0) is 19.0 Å². The number of hydrogen-bond acceptors (Lipinski definition) is 3. The Morgan fingerprint density at radius 3 is 2.13 bits per heavy atom. The van der Waals surface area contributed by atoms with Gasteiger partial charge in [0.1, 0.15) is 5.75 Å². The number of aliphatic hydroxyl groups is 1. The topological polar surface area (TPSA) is 55.5 Å². The highest BCUT2D eigenvalue weighted by molar-refractivity contribution is 5.46. The molecule has 0 aromatic heterocycles. The zero-order valence-corrected chi connectivity index (χ0v) is 18.6. The molecule has 2 aliphatic carbocycles. The first-order chi connectivity index (χ1) is 13.8. The molecule has 2 aliphatic rings. The lowest BCUT2D eigenvalue weighted by Gasteiger charge is -2.38. The van der Waals surface area contributed by atoms with Crippen molar-refractivity contribution < 1.29 is 23.0 Å². The third-order valence-electron chi connectivity index (χ3n) is 7.30. The molecule has 1 fully saturated rings. The molecule has 1 aromatic carbocycles. The van der Waals surface area contributed by atoms with Crippen molar-refractivity contribution in [3.8, 4) is 5.75 Å². The van der Waals surface area contributed by atoms with E-state index >= 15 is 0 Å². The quantitative estimate of drug-likeness (QED) is 0.667. The molecule has 2 atom stereocenters. The molecule has 0 aliphatic heterocycles. The molecule has 3 rings (SSSR count). The number of benzene rings is 1. The van der Waals surface area contributed by atoms with E-state index in [0.717, 1.165) is 37.7 Å². The molecule has 30 heavy (non-hydrogen) atoms. The monoisotopic (exact) mass is 427 g/mol. The molecule has 0 heterocycles. The molecular weight excluding hydrogens is 391 g/mol. The van der Waals surface area contributed by atoms with Gasteiger partial charge in [0.2, 0.25) is 0 Å². The second kappa shape index (κ2) is 8.34. The van der Waals surface area contributed by atoms with E-state index in [1.807, 2.05) is 0 Å². The summed E-state index contributed by atoms with van der Waals surface area (Å²) in [4.78, 5) is 0. The third kappa shape index (κ3) is 5.13. The van der Waals surface area contributed by atoms with Crippen LogP contribution in [0.15, 0.2) is 12.1 Å². The first-order valence-electron chi connectivity index (χ1n) is 11.1. The molecule has 1 aromatic rings. The van der Waals surface area contributed by atoms with Crippen LogP contribution in [0.5, 0.6) is 5.75 Å². The van der Waals surface area contributed by atoms with Crippen molar-refractivity contribution in [3.63, 3.8) is 0 Å². The molecule has 170 valence electrons. The number of hydrogen-bond donors (Lipinski definition) is 2. The molecule has 0 saturated heterocycles. The molecule has 3 nitrogen and oxygen atoms in total. The number of nitrogens with two attached hydrogens (primary N) is 1. The fraction of sp³-hybridized carbons (Fsp3) is 0.750.